The molecule has 0 bridgehead atoms. The maximum absolute atomic E-state index is 13.3. The second-order valence-electron chi connectivity index (χ2n) is 5.19. The minimum absolute atomic E-state index is 0.199. The summed E-state index contributed by atoms with van der Waals surface area (Å²) in [5.74, 6) is 2.13. The average molecular weight is 293 g/mol. The molecule has 0 aromatic heterocycles. The Morgan fingerprint density at radius 1 is 1.48 bits per heavy atom. The van der Waals surface area contributed by atoms with E-state index in [-0.39, 0.29) is 25.1 Å². The molecule has 0 aliphatic carbocycles. The van der Waals surface area contributed by atoms with Crippen LogP contribution in [0.4, 0.5) is 4.39 Å². The van der Waals surface area contributed by atoms with Crippen molar-refractivity contribution in [1.29, 1.82) is 0 Å². The minimum Gasteiger partial charge on any atom is -0.389 e. The summed E-state index contributed by atoms with van der Waals surface area (Å²) in [5, 5.41) is 10.0. The van der Waals surface area contributed by atoms with Gasteiger partial charge in [0.15, 0.2) is 0 Å². The fourth-order valence-corrected chi connectivity index (χ4v) is 2.11. The molecule has 0 heterocycles. The third-order valence-corrected chi connectivity index (χ3v) is 3.43. The highest BCUT2D eigenvalue weighted by molar-refractivity contribution is 5.16. The van der Waals surface area contributed by atoms with Crippen molar-refractivity contribution in [2.24, 2.45) is 0 Å². The molecule has 0 saturated heterocycles. The van der Waals surface area contributed by atoms with E-state index in [1.807, 2.05) is 6.07 Å². The highest BCUT2D eigenvalue weighted by Crippen LogP contribution is 2.12. The lowest BCUT2D eigenvalue weighted by Crippen LogP contribution is -2.40. The fourth-order valence-electron chi connectivity index (χ4n) is 2.11. The Kier molecular flexibility index (Phi) is 7.99. The first-order valence-corrected chi connectivity index (χ1v) is 7.24. The predicted octanol–water partition coefficient (Wildman–Crippen LogP) is 2.44. The molecule has 0 saturated carbocycles. The van der Waals surface area contributed by atoms with E-state index in [2.05, 4.69) is 24.7 Å². The Bertz CT molecular complexity index is 458. The summed E-state index contributed by atoms with van der Waals surface area (Å²) in [6, 6.07) is 6.83. The second kappa shape index (κ2) is 9.51. The van der Waals surface area contributed by atoms with Gasteiger partial charge < -0.3 is 9.84 Å². The van der Waals surface area contributed by atoms with Crippen molar-refractivity contribution < 1.29 is 14.2 Å². The molecule has 0 radical (unpaired) electrons. The van der Waals surface area contributed by atoms with Gasteiger partial charge in [-0.05, 0) is 31.0 Å². The first kappa shape index (κ1) is 17.6. The third-order valence-electron chi connectivity index (χ3n) is 3.43. The first-order valence-electron chi connectivity index (χ1n) is 7.24. The van der Waals surface area contributed by atoms with Crippen molar-refractivity contribution in [3.8, 4) is 12.3 Å². The van der Waals surface area contributed by atoms with Crippen molar-refractivity contribution in [2.45, 2.75) is 39.0 Å². The van der Waals surface area contributed by atoms with Gasteiger partial charge in [0.2, 0.25) is 0 Å². The molecular formula is C17H24FNO2. The van der Waals surface area contributed by atoms with Crippen molar-refractivity contribution in [1.82, 2.24) is 4.90 Å². The molecule has 1 aromatic rings. The molecule has 4 heteroatoms. The molecular weight excluding hydrogens is 269 g/mol. The molecule has 116 valence electrons. The van der Waals surface area contributed by atoms with Crippen LogP contribution in [0.25, 0.3) is 0 Å². The number of nitrogens with zero attached hydrogens (tertiary/aromatic N) is 1. The highest BCUT2D eigenvalue weighted by Gasteiger charge is 2.17. The largest absolute Gasteiger partial charge is 0.389 e. The molecule has 0 spiro atoms. The quantitative estimate of drug-likeness (QED) is 0.561. The molecule has 2 atom stereocenters. The molecule has 0 aliphatic heterocycles. The minimum atomic E-state index is -0.610. The van der Waals surface area contributed by atoms with Gasteiger partial charge in [-0.2, -0.15) is 0 Å². The number of ether oxygens (including phenoxy) is 1. The van der Waals surface area contributed by atoms with E-state index >= 15 is 0 Å². The van der Waals surface area contributed by atoms with Gasteiger partial charge in [-0.3, -0.25) is 4.90 Å². The number of hydrogen-bond donors (Lipinski definition) is 1. The predicted molar refractivity (Wildman–Crippen MR) is 82.2 cm³/mol. The van der Waals surface area contributed by atoms with Crippen LogP contribution >= 0.6 is 0 Å². The summed E-state index contributed by atoms with van der Waals surface area (Å²) < 4.78 is 18.4. The molecule has 21 heavy (non-hydrogen) atoms. The Hall–Kier alpha value is -1.41. The molecule has 0 amide bonds. The van der Waals surface area contributed by atoms with Crippen molar-refractivity contribution in [3.05, 3.63) is 35.6 Å². The van der Waals surface area contributed by atoms with Crippen LogP contribution in [0, 0.1) is 18.2 Å². The standard InChI is InChI=1S/C17H24FNO2/c1-4-9-21-13-17(20)12-19(14(3)5-2)11-15-7-6-8-16(18)10-15/h1,6-8,10,14,17,20H,5,9,11-13H2,2-3H3. The number of hydrogen-bond acceptors (Lipinski definition) is 3. The maximum atomic E-state index is 13.3. The van der Waals surface area contributed by atoms with Gasteiger partial charge in [-0.25, -0.2) is 4.39 Å². The summed E-state index contributed by atoms with van der Waals surface area (Å²) in [7, 11) is 0. The normalized spacial score (nSPS) is 13.9. The number of aliphatic hydroxyl groups excluding tert-OH is 1. The summed E-state index contributed by atoms with van der Waals surface area (Å²) in [4.78, 5) is 2.12. The number of halogens is 1. The lowest BCUT2D eigenvalue weighted by Gasteiger charge is -2.30. The van der Waals surface area contributed by atoms with Crippen molar-refractivity contribution in [3.63, 3.8) is 0 Å². The lowest BCUT2D eigenvalue weighted by atomic mass is 10.1. The van der Waals surface area contributed by atoms with E-state index in [1.54, 1.807) is 6.07 Å². The van der Waals surface area contributed by atoms with Crippen molar-refractivity contribution >= 4 is 0 Å². The van der Waals surface area contributed by atoms with E-state index < -0.39 is 6.10 Å². The van der Waals surface area contributed by atoms with E-state index in [9.17, 15) is 9.50 Å². The Morgan fingerprint density at radius 3 is 2.86 bits per heavy atom. The van der Waals surface area contributed by atoms with E-state index in [4.69, 9.17) is 11.2 Å². The van der Waals surface area contributed by atoms with Gasteiger partial charge >= 0.3 is 0 Å². The van der Waals surface area contributed by atoms with Crippen LogP contribution in [0.2, 0.25) is 0 Å². The van der Waals surface area contributed by atoms with Crippen LogP contribution in [0.5, 0.6) is 0 Å². The molecule has 3 nitrogen and oxygen atoms in total. The van der Waals surface area contributed by atoms with Crippen LogP contribution in [0.15, 0.2) is 24.3 Å². The van der Waals surface area contributed by atoms with Crippen LogP contribution in [-0.2, 0) is 11.3 Å². The van der Waals surface area contributed by atoms with Crippen LogP contribution < -0.4 is 0 Å². The molecule has 1 rings (SSSR count). The smallest absolute Gasteiger partial charge is 0.123 e. The molecule has 1 N–H and O–H groups in total. The summed E-state index contributed by atoms with van der Waals surface area (Å²) in [6.07, 6.45) is 5.44. The Morgan fingerprint density at radius 2 is 2.24 bits per heavy atom. The van der Waals surface area contributed by atoms with E-state index in [0.29, 0.717) is 13.1 Å². The van der Waals surface area contributed by atoms with Gasteiger partial charge in [0.1, 0.15) is 12.4 Å². The lowest BCUT2D eigenvalue weighted by molar-refractivity contribution is 0.0170. The number of terminal acetylenes is 1. The highest BCUT2D eigenvalue weighted by atomic mass is 19.1. The first-order chi connectivity index (χ1) is 10.1. The zero-order valence-electron chi connectivity index (χ0n) is 12.8. The van der Waals surface area contributed by atoms with E-state index in [1.165, 1.54) is 12.1 Å². The number of aliphatic hydroxyl groups is 1. The fraction of sp³-hybridized carbons (Fsp3) is 0.529. The van der Waals surface area contributed by atoms with E-state index in [0.717, 1.165) is 12.0 Å². The van der Waals surface area contributed by atoms with Gasteiger partial charge in [0.05, 0.1) is 12.7 Å². The molecule has 2 unspecified atom stereocenters. The van der Waals surface area contributed by atoms with Crippen LogP contribution in [-0.4, -0.2) is 41.9 Å². The molecule has 0 aliphatic rings. The van der Waals surface area contributed by atoms with Crippen molar-refractivity contribution in [2.75, 3.05) is 19.8 Å². The summed E-state index contributed by atoms with van der Waals surface area (Å²) >= 11 is 0. The number of benzene rings is 1. The average Bonchev–Trinajstić information content (AvgIpc) is 2.46. The Labute approximate surface area is 126 Å². The monoisotopic (exact) mass is 293 g/mol. The topological polar surface area (TPSA) is 32.7 Å². The second-order valence-corrected chi connectivity index (χ2v) is 5.19. The van der Waals surface area contributed by atoms with Gasteiger partial charge in [-0.15, -0.1) is 6.42 Å². The zero-order chi connectivity index (χ0) is 15.7. The van der Waals surface area contributed by atoms with Gasteiger partial charge in [0.25, 0.3) is 0 Å². The maximum Gasteiger partial charge on any atom is 0.123 e. The number of rotatable bonds is 9. The van der Waals surface area contributed by atoms with Crippen LogP contribution in [0.1, 0.15) is 25.8 Å². The van der Waals surface area contributed by atoms with Gasteiger partial charge in [0, 0.05) is 19.1 Å². The zero-order valence-corrected chi connectivity index (χ0v) is 12.8. The summed E-state index contributed by atoms with van der Waals surface area (Å²) in [6.45, 7) is 5.65. The SMILES string of the molecule is C#CCOCC(O)CN(Cc1cccc(F)c1)C(C)CC. The van der Waals surface area contributed by atoms with Crippen LogP contribution in [0.3, 0.4) is 0 Å². The Balaban J connectivity index is 2.61. The molecule has 1 aromatic carbocycles. The summed E-state index contributed by atoms with van der Waals surface area (Å²) in [5.41, 5.74) is 0.895. The molecule has 0 fully saturated rings. The third kappa shape index (κ3) is 6.72. The van der Waals surface area contributed by atoms with Gasteiger partial charge in [-0.1, -0.05) is 25.0 Å².